The standard InChI is InChI=1S/C17H18N4O3/c1-11-5-4-6-13(9-11)19-20-15-12(2)14(10-18)16(22)21(17(15)23)7-8-24-3/h4-6,9,22H,7-8H2,1-3H3. The molecule has 7 heteroatoms. The lowest BCUT2D eigenvalue weighted by molar-refractivity contribution is 0.182. The molecule has 2 aromatic rings. The number of hydrogen-bond acceptors (Lipinski definition) is 6. The number of ether oxygens (including phenoxy) is 1. The summed E-state index contributed by atoms with van der Waals surface area (Å²) in [7, 11) is 1.49. The van der Waals surface area contributed by atoms with Gasteiger partial charge in [-0.3, -0.25) is 9.36 Å². The lowest BCUT2D eigenvalue weighted by Gasteiger charge is -2.12. The third kappa shape index (κ3) is 3.50. The second-order valence-corrected chi connectivity index (χ2v) is 5.27. The van der Waals surface area contributed by atoms with E-state index in [2.05, 4.69) is 10.2 Å². The number of pyridine rings is 1. The van der Waals surface area contributed by atoms with Crippen molar-refractivity contribution in [1.82, 2.24) is 4.57 Å². The summed E-state index contributed by atoms with van der Waals surface area (Å²) in [5, 5.41) is 27.5. The fourth-order valence-corrected chi connectivity index (χ4v) is 2.25. The first-order valence-corrected chi connectivity index (χ1v) is 7.33. The molecule has 0 atom stereocenters. The Morgan fingerprint density at radius 1 is 1.33 bits per heavy atom. The summed E-state index contributed by atoms with van der Waals surface area (Å²) in [5.41, 5.74) is 1.43. The van der Waals surface area contributed by atoms with Crippen molar-refractivity contribution in [2.24, 2.45) is 10.2 Å². The minimum atomic E-state index is -0.516. The van der Waals surface area contributed by atoms with E-state index in [1.807, 2.05) is 31.2 Å². The van der Waals surface area contributed by atoms with Gasteiger partial charge in [-0.2, -0.15) is 10.4 Å². The Morgan fingerprint density at radius 3 is 2.71 bits per heavy atom. The summed E-state index contributed by atoms with van der Waals surface area (Å²) < 4.78 is 6.00. The lowest BCUT2D eigenvalue weighted by atomic mass is 10.1. The molecular formula is C17H18N4O3. The minimum absolute atomic E-state index is 0.00361. The van der Waals surface area contributed by atoms with E-state index in [0.717, 1.165) is 10.1 Å². The zero-order valence-electron chi connectivity index (χ0n) is 13.8. The fraction of sp³-hybridized carbons (Fsp3) is 0.294. The average molecular weight is 326 g/mol. The molecule has 0 radical (unpaired) electrons. The molecule has 0 saturated carbocycles. The Bertz CT molecular complexity index is 879. The number of nitrogens with zero attached hydrogens (tertiary/aromatic N) is 4. The molecule has 0 aliphatic rings. The number of nitriles is 1. The topological polar surface area (TPSA) is 100.0 Å². The van der Waals surface area contributed by atoms with Crippen LogP contribution in [0.2, 0.25) is 0 Å². The van der Waals surface area contributed by atoms with E-state index in [0.29, 0.717) is 11.3 Å². The number of benzene rings is 1. The number of aromatic hydroxyl groups is 1. The molecule has 1 N–H and O–H groups in total. The maximum atomic E-state index is 12.6. The van der Waals surface area contributed by atoms with Crippen molar-refractivity contribution < 1.29 is 9.84 Å². The van der Waals surface area contributed by atoms with Crippen LogP contribution in [0.5, 0.6) is 5.88 Å². The number of methoxy groups -OCH3 is 1. The summed E-state index contributed by atoms with van der Waals surface area (Å²) in [6.07, 6.45) is 0. The average Bonchev–Trinajstić information content (AvgIpc) is 2.55. The van der Waals surface area contributed by atoms with Crippen molar-refractivity contribution in [2.75, 3.05) is 13.7 Å². The molecule has 0 unspecified atom stereocenters. The van der Waals surface area contributed by atoms with E-state index in [1.54, 1.807) is 13.0 Å². The number of rotatable bonds is 5. The van der Waals surface area contributed by atoms with E-state index in [4.69, 9.17) is 4.74 Å². The van der Waals surface area contributed by atoms with Gasteiger partial charge in [0.25, 0.3) is 5.56 Å². The Morgan fingerprint density at radius 2 is 2.08 bits per heavy atom. The maximum Gasteiger partial charge on any atom is 0.281 e. The first-order chi connectivity index (χ1) is 11.5. The van der Waals surface area contributed by atoms with E-state index in [1.165, 1.54) is 7.11 Å². The third-order valence-corrected chi connectivity index (χ3v) is 3.56. The van der Waals surface area contributed by atoms with Crippen molar-refractivity contribution in [1.29, 1.82) is 5.26 Å². The molecule has 1 aromatic heterocycles. The quantitative estimate of drug-likeness (QED) is 0.853. The van der Waals surface area contributed by atoms with Crippen LogP contribution >= 0.6 is 0 Å². The van der Waals surface area contributed by atoms with Crippen molar-refractivity contribution in [2.45, 2.75) is 20.4 Å². The highest BCUT2D eigenvalue weighted by Crippen LogP contribution is 2.26. The molecule has 24 heavy (non-hydrogen) atoms. The molecule has 1 heterocycles. The normalized spacial score (nSPS) is 10.9. The van der Waals surface area contributed by atoms with Crippen LogP contribution in [0.3, 0.4) is 0 Å². The van der Waals surface area contributed by atoms with Gasteiger partial charge >= 0.3 is 0 Å². The second-order valence-electron chi connectivity index (χ2n) is 5.27. The number of azo groups is 1. The van der Waals surface area contributed by atoms with Crippen LogP contribution in [-0.4, -0.2) is 23.4 Å². The summed E-state index contributed by atoms with van der Waals surface area (Å²) in [5.74, 6) is -0.383. The molecule has 124 valence electrons. The largest absolute Gasteiger partial charge is 0.493 e. The zero-order valence-corrected chi connectivity index (χ0v) is 13.8. The van der Waals surface area contributed by atoms with E-state index < -0.39 is 5.56 Å². The van der Waals surface area contributed by atoms with Gasteiger partial charge in [0, 0.05) is 12.7 Å². The number of aryl methyl sites for hydroxylation is 1. The summed E-state index contributed by atoms with van der Waals surface area (Å²) in [4.78, 5) is 12.6. The number of hydrogen-bond donors (Lipinski definition) is 1. The molecule has 0 fully saturated rings. The van der Waals surface area contributed by atoms with Gasteiger partial charge < -0.3 is 9.84 Å². The predicted octanol–water partition coefficient (Wildman–Crippen LogP) is 3.10. The molecule has 0 aliphatic heterocycles. The van der Waals surface area contributed by atoms with Gasteiger partial charge in [-0.15, -0.1) is 5.11 Å². The van der Waals surface area contributed by atoms with Gasteiger partial charge in [-0.1, -0.05) is 12.1 Å². The van der Waals surface area contributed by atoms with Crippen molar-refractivity contribution in [3.63, 3.8) is 0 Å². The first kappa shape index (κ1) is 17.4. The van der Waals surface area contributed by atoms with E-state index >= 15 is 0 Å². The first-order valence-electron chi connectivity index (χ1n) is 7.33. The molecule has 0 saturated heterocycles. The van der Waals surface area contributed by atoms with Crippen molar-refractivity contribution in [3.05, 3.63) is 51.3 Å². The van der Waals surface area contributed by atoms with Gasteiger partial charge in [0.1, 0.15) is 11.6 Å². The highest BCUT2D eigenvalue weighted by atomic mass is 16.5. The van der Waals surface area contributed by atoms with Gasteiger partial charge in [0.2, 0.25) is 5.88 Å². The monoisotopic (exact) mass is 326 g/mol. The molecule has 0 amide bonds. The van der Waals surface area contributed by atoms with Gasteiger partial charge in [0.05, 0.1) is 18.8 Å². The van der Waals surface area contributed by atoms with Gasteiger partial charge in [-0.25, -0.2) is 0 Å². The summed E-state index contributed by atoms with van der Waals surface area (Å²) in [6.45, 7) is 3.82. The summed E-state index contributed by atoms with van der Waals surface area (Å²) in [6, 6.07) is 9.26. The van der Waals surface area contributed by atoms with Crippen molar-refractivity contribution in [3.8, 4) is 11.9 Å². The van der Waals surface area contributed by atoms with Crippen LogP contribution in [-0.2, 0) is 11.3 Å². The lowest BCUT2D eigenvalue weighted by Crippen LogP contribution is -2.23. The highest BCUT2D eigenvalue weighted by molar-refractivity contribution is 5.56. The van der Waals surface area contributed by atoms with Crippen LogP contribution in [0, 0.1) is 25.2 Å². The van der Waals surface area contributed by atoms with Crippen LogP contribution in [0.15, 0.2) is 39.3 Å². The van der Waals surface area contributed by atoms with Crippen LogP contribution < -0.4 is 5.56 Å². The minimum Gasteiger partial charge on any atom is -0.493 e. The molecule has 0 aliphatic carbocycles. The highest BCUT2D eigenvalue weighted by Gasteiger charge is 2.18. The summed E-state index contributed by atoms with van der Waals surface area (Å²) >= 11 is 0. The Kier molecular flexibility index (Phi) is 5.45. The maximum absolute atomic E-state index is 12.6. The number of aromatic nitrogens is 1. The molecule has 0 spiro atoms. The second kappa shape index (κ2) is 7.53. The Labute approximate surface area is 139 Å². The van der Waals surface area contributed by atoms with Gasteiger partial charge in [-0.05, 0) is 31.5 Å². The Hall–Kier alpha value is -2.98. The Balaban J connectivity index is 2.57. The molecule has 7 nitrogen and oxygen atoms in total. The van der Waals surface area contributed by atoms with E-state index in [9.17, 15) is 15.2 Å². The van der Waals surface area contributed by atoms with Crippen molar-refractivity contribution >= 4 is 11.4 Å². The third-order valence-electron chi connectivity index (χ3n) is 3.56. The van der Waals surface area contributed by atoms with Crippen LogP contribution in [0.25, 0.3) is 0 Å². The molecule has 1 aromatic carbocycles. The fourth-order valence-electron chi connectivity index (χ4n) is 2.25. The molecular weight excluding hydrogens is 308 g/mol. The molecule has 0 bridgehead atoms. The molecule has 2 rings (SSSR count). The van der Waals surface area contributed by atoms with Gasteiger partial charge in [0.15, 0.2) is 5.69 Å². The van der Waals surface area contributed by atoms with E-state index in [-0.39, 0.29) is 30.3 Å². The predicted molar refractivity (Wildman–Crippen MR) is 89.0 cm³/mol. The smallest absolute Gasteiger partial charge is 0.281 e. The SMILES string of the molecule is COCCn1c(O)c(C#N)c(C)c(N=Nc2cccc(C)c2)c1=O. The van der Waals surface area contributed by atoms with Crippen LogP contribution in [0.4, 0.5) is 11.4 Å². The van der Waals surface area contributed by atoms with Crippen LogP contribution in [0.1, 0.15) is 16.7 Å². The zero-order chi connectivity index (χ0) is 17.7.